The number of hydrogen-bond acceptors (Lipinski definition) is 3. The molecule has 0 aliphatic heterocycles. The summed E-state index contributed by atoms with van der Waals surface area (Å²) >= 11 is 6.63. The molecule has 0 aliphatic rings. The summed E-state index contributed by atoms with van der Waals surface area (Å²) in [6.07, 6.45) is 1.51. The number of pyridine rings is 1. The minimum absolute atomic E-state index is 0.288. The normalized spacial score (nSPS) is 11.0. The van der Waals surface area contributed by atoms with Crippen molar-refractivity contribution in [2.75, 3.05) is 5.32 Å². The Morgan fingerprint density at radius 2 is 1.68 bits per heavy atom. The van der Waals surface area contributed by atoms with Crippen LogP contribution in [0.25, 0.3) is 16.7 Å². The van der Waals surface area contributed by atoms with Gasteiger partial charge < -0.3 is 5.32 Å². The van der Waals surface area contributed by atoms with E-state index in [9.17, 15) is 4.79 Å². The van der Waals surface area contributed by atoms with Crippen molar-refractivity contribution in [3.63, 3.8) is 0 Å². The maximum atomic E-state index is 12.9. The molecule has 4 aromatic rings. The molecule has 2 heterocycles. The molecular formula is C22H19ClN4O. The molecule has 0 fully saturated rings. The zero-order valence-electron chi connectivity index (χ0n) is 15.8. The molecule has 2 aromatic carbocycles. The number of rotatable bonds is 3. The number of nitrogens with one attached hydrogen (secondary N) is 1. The molecule has 4 rings (SSSR count). The number of amides is 1. The molecule has 0 bridgehead atoms. The average molecular weight is 391 g/mol. The Hall–Kier alpha value is -3.18. The average Bonchev–Trinajstić information content (AvgIpc) is 3.03. The molecule has 0 aliphatic carbocycles. The van der Waals surface area contributed by atoms with Gasteiger partial charge in [0.05, 0.1) is 27.4 Å². The summed E-state index contributed by atoms with van der Waals surface area (Å²) in [7, 11) is 0. The van der Waals surface area contributed by atoms with Gasteiger partial charge in [-0.25, -0.2) is 9.67 Å². The Bertz CT molecular complexity index is 1180. The van der Waals surface area contributed by atoms with Crippen LogP contribution in [-0.4, -0.2) is 20.7 Å². The smallest absolute Gasteiger partial charge is 0.258 e. The minimum Gasteiger partial charge on any atom is -0.321 e. The monoisotopic (exact) mass is 390 g/mol. The third-order valence-electron chi connectivity index (χ3n) is 4.77. The summed E-state index contributed by atoms with van der Waals surface area (Å²) in [6, 6.07) is 15.6. The van der Waals surface area contributed by atoms with Crippen molar-refractivity contribution in [3.8, 4) is 5.69 Å². The van der Waals surface area contributed by atoms with Gasteiger partial charge in [0.25, 0.3) is 5.91 Å². The van der Waals surface area contributed by atoms with Gasteiger partial charge in [0, 0.05) is 11.9 Å². The van der Waals surface area contributed by atoms with E-state index in [0.717, 1.165) is 28.2 Å². The largest absolute Gasteiger partial charge is 0.321 e. The predicted molar refractivity (Wildman–Crippen MR) is 112 cm³/mol. The lowest BCUT2D eigenvalue weighted by Gasteiger charge is -2.12. The molecule has 6 heteroatoms. The van der Waals surface area contributed by atoms with Crippen LogP contribution in [0.5, 0.6) is 0 Å². The zero-order valence-corrected chi connectivity index (χ0v) is 16.6. The fourth-order valence-corrected chi connectivity index (χ4v) is 3.66. The first-order valence-corrected chi connectivity index (χ1v) is 9.32. The van der Waals surface area contributed by atoms with Gasteiger partial charge in [-0.15, -0.1) is 0 Å². The van der Waals surface area contributed by atoms with Crippen LogP contribution >= 0.6 is 11.6 Å². The maximum absolute atomic E-state index is 12.9. The zero-order chi connectivity index (χ0) is 19.8. The Morgan fingerprint density at radius 1 is 1.00 bits per heavy atom. The van der Waals surface area contributed by atoms with E-state index in [2.05, 4.69) is 15.4 Å². The van der Waals surface area contributed by atoms with Crippen molar-refractivity contribution < 1.29 is 4.79 Å². The highest BCUT2D eigenvalue weighted by atomic mass is 35.5. The first kappa shape index (κ1) is 18.2. The maximum Gasteiger partial charge on any atom is 0.258 e. The number of carbonyl (C=O) groups is 1. The van der Waals surface area contributed by atoms with E-state index in [1.54, 1.807) is 4.68 Å². The van der Waals surface area contributed by atoms with Crippen LogP contribution in [0, 0.1) is 20.8 Å². The third-order valence-corrected chi connectivity index (χ3v) is 5.17. The fraction of sp³-hybridized carbons (Fsp3) is 0.136. The number of para-hydroxylation sites is 2. The van der Waals surface area contributed by atoms with Gasteiger partial charge >= 0.3 is 0 Å². The van der Waals surface area contributed by atoms with Crippen LogP contribution < -0.4 is 5.32 Å². The van der Waals surface area contributed by atoms with Crippen LogP contribution in [0.1, 0.15) is 27.2 Å². The van der Waals surface area contributed by atoms with Crippen LogP contribution in [0.2, 0.25) is 5.02 Å². The summed E-state index contributed by atoms with van der Waals surface area (Å²) in [5.74, 6) is -0.288. The second-order valence-corrected chi connectivity index (χ2v) is 7.12. The van der Waals surface area contributed by atoms with E-state index in [0.29, 0.717) is 21.6 Å². The molecule has 2 aromatic heterocycles. The molecule has 0 atom stereocenters. The molecular weight excluding hydrogens is 372 g/mol. The highest BCUT2D eigenvalue weighted by Crippen LogP contribution is 2.31. The van der Waals surface area contributed by atoms with Crippen molar-refractivity contribution in [2.45, 2.75) is 20.8 Å². The van der Waals surface area contributed by atoms with E-state index in [-0.39, 0.29) is 5.91 Å². The van der Waals surface area contributed by atoms with Gasteiger partial charge in [-0.2, -0.15) is 5.10 Å². The standard InChI is InChI=1S/C22H19ClN4O/c1-13-8-7-9-14(2)20(13)25-22(28)17-12-24-21-18(19(17)23)15(3)26-27(21)16-10-5-4-6-11-16/h4-12H,1-3H3,(H,25,28). The van der Waals surface area contributed by atoms with Gasteiger partial charge in [0.2, 0.25) is 0 Å². The van der Waals surface area contributed by atoms with E-state index in [4.69, 9.17) is 11.6 Å². The molecule has 1 N–H and O–H groups in total. The first-order chi connectivity index (χ1) is 13.5. The highest BCUT2D eigenvalue weighted by molar-refractivity contribution is 6.39. The number of carbonyl (C=O) groups excluding carboxylic acids is 1. The van der Waals surface area contributed by atoms with E-state index in [1.165, 1.54) is 6.20 Å². The van der Waals surface area contributed by atoms with Crippen molar-refractivity contribution in [3.05, 3.63) is 82.1 Å². The Morgan fingerprint density at radius 3 is 2.36 bits per heavy atom. The number of halogens is 1. The lowest BCUT2D eigenvalue weighted by atomic mass is 10.1. The first-order valence-electron chi connectivity index (χ1n) is 8.94. The molecule has 0 spiro atoms. The number of hydrogen-bond donors (Lipinski definition) is 1. The molecule has 1 amide bonds. The minimum atomic E-state index is -0.288. The van der Waals surface area contributed by atoms with Crippen molar-refractivity contribution in [1.82, 2.24) is 14.8 Å². The van der Waals surface area contributed by atoms with Crippen LogP contribution in [0.3, 0.4) is 0 Å². The van der Waals surface area contributed by atoms with Crippen molar-refractivity contribution in [2.24, 2.45) is 0 Å². The van der Waals surface area contributed by atoms with E-state index >= 15 is 0 Å². The third kappa shape index (κ3) is 3.04. The summed E-state index contributed by atoms with van der Waals surface area (Å²) in [5, 5.41) is 8.57. The predicted octanol–water partition coefficient (Wildman–Crippen LogP) is 5.25. The number of aryl methyl sites for hydroxylation is 3. The molecule has 28 heavy (non-hydrogen) atoms. The molecule has 0 unspecified atom stereocenters. The number of benzene rings is 2. The molecule has 0 saturated heterocycles. The van der Waals surface area contributed by atoms with Gasteiger partial charge in [0.15, 0.2) is 5.65 Å². The fourth-order valence-electron chi connectivity index (χ4n) is 3.31. The van der Waals surface area contributed by atoms with Gasteiger partial charge in [0.1, 0.15) is 0 Å². The second kappa shape index (κ2) is 7.09. The lowest BCUT2D eigenvalue weighted by Crippen LogP contribution is -2.15. The number of anilines is 1. The Balaban J connectivity index is 1.78. The quantitative estimate of drug-likeness (QED) is 0.519. The van der Waals surface area contributed by atoms with Crippen LogP contribution in [0.15, 0.2) is 54.7 Å². The second-order valence-electron chi connectivity index (χ2n) is 6.74. The summed E-state index contributed by atoms with van der Waals surface area (Å²) in [5.41, 5.74) is 5.33. The van der Waals surface area contributed by atoms with Gasteiger partial charge in [-0.1, -0.05) is 48.0 Å². The van der Waals surface area contributed by atoms with Gasteiger partial charge in [-0.05, 0) is 44.0 Å². The number of fused-ring (bicyclic) bond motifs is 1. The van der Waals surface area contributed by atoms with Crippen LogP contribution in [-0.2, 0) is 0 Å². The Labute approximate surface area is 168 Å². The molecule has 0 saturated carbocycles. The summed E-state index contributed by atoms with van der Waals surface area (Å²) in [6.45, 7) is 5.78. The molecule has 0 radical (unpaired) electrons. The van der Waals surface area contributed by atoms with E-state index < -0.39 is 0 Å². The van der Waals surface area contributed by atoms with Gasteiger partial charge in [-0.3, -0.25) is 4.79 Å². The molecule has 5 nitrogen and oxygen atoms in total. The lowest BCUT2D eigenvalue weighted by molar-refractivity contribution is 0.102. The number of aromatic nitrogens is 3. The topological polar surface area (TPSA) is 59.8 Å². The van der Waals surface area contributed by atoms with Crippen LogP contribution in [0.4, 0.5) is 5.69 Å². The summed E-state index contributed by atoms with van der Waals surface area (Å²) < 4.78 is 1.74. The highest BCUT2D eigenvalue weighted by Gasteiger charge is 2.20. The summed E-state index contributed by atoms with van der Waals surface area (Å²) in [4.78, 5) is 17.4. The number of nitrogens with zero attached hydrogens (tertiary/aromatic N) is 3. The van der Waals surface area contributed by atoms with Crippen molar-refractivity contribution in [1.29, 1.82) is 0 Å². The Kier molecular flexibility index (Phi) is 4.61. The van der Waals surface area contributed by atoms with Crippen molar-refractivity contribution >= 4 is 34.2 Å². The SMILES string of the molecule is Cc1cccc(C)c1NC(=O)c1cnc2c(c(C)nn2-c2ccccc2)c1Cl. The van der Waals surface area contributed by atoms with E-state index in [1.807, 2.05) is 69.3 Å². The molecule has 140 valence electrons.